The van der Waals surface area contributed by atoms with Gasteiger partial charge >= 0.3 is 0 Å². The first-order valence-corrected chi connectivity index (χ1v) is 9.96. The maximum Gasteiger partial charge on any atom is 0.257 e. The van der Waals surface area contributed by atoms with Crippen LogP contribution < -0.4 is 15.5 Å². The Hall–Kier alpha value is -2.60. The molecule has 0 radical (unpaired) electrons. The number of hydrogen-bond acceptors (Lipinski definition) is 5. The third-order valence-corrected chi connectivity index (χ3v) is 4.70. The SMILES string of the molecule is CCN(CC)c1ccc(NC(=O)c2ccc(NCCCN(C)C)nc2)c(C)c1. The highest BCUT2D eigenvalue weighted by Crippen LogP contribution is 2.23. The summed E-state index contributed by atoms with van der Waals surface area (Å²) in [6.07, 6.45) is 2.66. The number of rotatable bonds is 10. The highest BCUT2D eigenvalue weighted by Gasteiger charge is 2.10. The Morgan fingerprint density at radius 1 is 1.11 bits per heavy atom. The summed E-state index contributed by atoms with van der Waals surface area (Å²) in [6, 6.07) is 9.78. The fraction of sp³-hybridized carbons (Fsp3) is 0.455. The highest BCUT2D eigenvalue weighted by molar-refractivity contribution is 6.04. The summed E-state index contributed by atoms with van der Waals surface area (Å²) in [5.74, 6) is 0.639. The molecule has 0 fully saturated rings. The molecular weight excluding hydrogens is 350 g/mol. The van der Waals surface area contributed by atoms with Crippen LogP contribution >= 0.6 is 0 Å². The molecule has 152 valence electrons. The molecule has 0 atom stereocenters. The Balaban J connectivity index is 1.95. The van der Waals surface area contributed by atoms with Gasteiger partial charge in [-0.25, -0.2) is 4.98 Å². The Morgan fingerprint density at radius 3 is 2.43 bits per heavy atom. The Kier molecular flexibility index (Phi) is 8.26. The summed E-state index contributed by atoms with van der Waals surface area (Å²) < 4.78 is 0. The number of aromatic nitrogens is 1. The van der Waals surface area contributed by atoms with Crippen LogP contribution in [0.25, 0.3) is 0 Å². The van der Waals surface area contributed by atoms with E-state index in [2.05, 4.69) is 65.5 Å². The zero-order valence-corrected chi connectivity index (χ0v) is 17.7. The molecule has 0 bridgehead atoms. The average molecular weight is 384 g/mol. The number of amides is 1. The predicted molar refractivity (Wildman–Crippen MR) is 119 cm³/mol. The fourth-order valence-corrected chi connectivity index (χ4v) is 3.01. The number of pyridine rings is 1. The lowest BCUT2D eigenvalue weighted by atomic mass is 10.1. The maximum atomic E-state index is 12.6. The van der Waals surface area contributed by atoms with E-state index in [1.807, 2.05) is 19.1 Å². The van der Waals surface area contributed by atoms with Gasteiger partial charge in [0.1, 0.15) is 5.82 Å². The van der Waals surface area contributed by atoms with Crippen LogP contribution in [0.3, 0.4) is 0 Å². The molecule has 1 aromatic heterocycles. The van der Waals surface area contributed by atoms with Crippen molar-refractivity contribution in [3.8, 4) is 0 Å². The number of nitrogens with one attached hydrogen (secondary N) is 2. The highest BCUT2D eigenvalue weighted by atomic mass is 16.1. The van der Waals surface area contributed by atoms with Gasteiger partial charge in [-0.1, -0.05) is 0 Å². The third kappa shape index (κ3) is 6.23. The van der Waals surface area contributed by atoms with Crippen LogP contribution in [-0.2, 0) is 0 Å². The molecule has 2 aromatic rings. The number of nitrogens with zero attached hydrogens (tertiary/aromatic N) is 3. The zero-order chi connectivity index (χ0) is 20.5. The van der Waals surface area contributed by atoms with Crippen LogP contribution in [0.4, 0.5) is 17.2 Å². The molecular formula is C22H33N5O. The largest absolute Gasteiger partial charge is 0.372 e. The molecule has 1 heterocycles. The number of benzene rings is 1. The second-order valence-corrected chi connectivity index (χ2v) is 7.14. The van der Waals surface area contributed by atoms with E-state index in [-0.39, 0.29) is 5.91 Å². The molecule has 2 rings (SSSR count). The van der Waals surface area contributed by atoms with Crippen LogP contribution in [-0.4, -0.2) is 56.1 Å². The molecule has 0 spiro atoms. The summed E-state index contributed by atoms with van der Waals surface area (Å²) in [6.45, 7) is 10.1. The van der Waals surface area contributed by atoms with Crippen LogP contribution in [0.15, 0.2) is 36.5 Å². The van der Waals surface area contributed by atoms with Crippen molar-refractivity contribution in [2.75, 3.05) is 55.8 Å². The minimum atomic E-state index is -0.148. The third-order valence-electron chi connectivity index (χ3n) is 4.70. The quantitative estimate of drug-likeness (QED) is 0.610. The number of carbonyl (C=O) groups is 1. The maximum absolute atomic E-state index is 12.6. The molecule has 0 unspecified atom stereocenters. The molecule has 0 saturated heterocycles. The van der Waals surface area contributed by atoms with Gasteiger partial charge in [-0.05, 0) is 83.7 Å². The smallest absolute Gasteiger partial charge is 0.257 e. The number of anilines is 3. The van der Waals surface area contributed by atoms with Crippen molar-refractivity contribution in [1.29, 1.82) is 0 Å². The summed E-state index contributed by atoms with van der Waals surface area (Å²) >= 11 is 0. The van der Waals surface area contributed by atoms with Gasteiger partial charge in [-0.2, -0.15) is 0 Å². The van der Waals surface area contributed by atoms with E-state index in [0.717, 1.165) is 49.7 Å². The van der Waals surface area contributed by atoms with Crippen molar-refractivity contribution in [3.63, 3.8) is 0 Å². The molecule has 2 N–H and O–H groups in total. The molecule has 0 aliphatic rings. The zero-order valence-electron chi connectivity index (χ0n) is 17.7. The normalized spacial score (nSPS) is 10.8. The van der Waals surface area contributed by atoms with Crippen molar-refractivity contribution < 1.29 is 4.79 Å². The summed E-state index contributed by atoms with van der Waals surface area (Å²) in [5, 5.41) is 6.27. The first-order valence-electron chi connectivity index (χ1n) is 9.96. The van der Waals surface area contributed by atoms with E-state index in [4.69, 9.17) is 0 Å². The molecule has 0 aliphatic heterocycles. The van der Waals surface area contributed by atoms with Crippen LogP contribution in [0.5, 0.6) is 0 Å². The molecule has 6 heteroatoms. The first kappa shape index (κ1) is 21.7. The summed E-state index contributed by atoms with van der Waals surface area (Å²) in [7, 11) is 4.12. The monoisotopic (exact) mass is 383 g/mol. The van der Waals surface area contributed by atoms with E-state index < -0.39 is 0 Å². The van der Waals surface area contributed by atoms with Gasteiger partial charge in [0.05, 0.1) is 5.56 Å². The molecule has 6 nitrogen and oxygen atoms in total. The van der Waals surface area contributed by atoms with Crippen molar-refractivity contribution >= 4 is 23.1 Å². The fourth-order valence-electron chi connectivity index (χ4n) is 3.01. The molecule has 28 heavy (non-hydrogen) atoms. The van der Waals surface area contributed by atoms with Gasteiger partial charge in [0.25, 0.3) is 5.91 Å². The van der Waals surface area contributed by atoms with Crippen LogP contribution in [0.2, 0.25) is 0 Å². The Labute approximate surface area is 169 Å². The topological polar surface area (TPSA) is 60.5 Å². The van der Waals surface area contributed by atoms with E-state index in [1.165, 1.54) is 5.69 Å². The minimum absolute atomic E-state index is 0.148. The average Bonchev–Trinajstić information content (AvgIpc) is 2.68. The van der Waals surface area contributed by atoms with Crippen LogP contribution in [0, 0.1) is 6.92 Å². The first-order chi connectivity index (χ1) is 13.4. The number of aryl methyl sites for hydroxylation is 1. The van der Waals surface area contributed by atoms with Crippen molar-refractivity contribution in [2.45, 2.75) is 27.2 Å². The number of hydrogen-bond donors (Lipinski definition) is 2. The van der Waals surface area contributed by atoms with Crippen LogP contribution in [0.1, 0.15) is 36.2 Å². The van der Waals surface area contributed by atoms with Crippen molar-refractivity contribution in [2.24, 2.45) is 0 Å². The van der Waals surface area contributed by atoms with Gasteiger partial charge in [-0.15, -0.1) is 0 Å². The molecule has 1 aromatic carbocycles. The van der Waals surface area contributed by atoms with Crippen molar-refractivity contribution in [1.82, 2.24) is 9.88 Å². The van der Waals surface area contributed by atoms with Gasteiger partial charge in [0, 0.05) is 37.2 Å². The summed E-state index contributed by atoms with van der Waals surface area (Å²) in [5.41, 5.74) is 3.59. The number of carbonyl (C=O) groups excluding carboxylic acids is 1. The molecule has 0 aliphatic carbocycles. The van der Waals surface area contributed by atoms with Gasteiger partial charge in [0.15, 0.2) is 0 Å². The van der Waals surface area contributed by atoms with E-state index in [9.17, 15) is 4.79 Å². The second kappa shape index (κ2) is 10.7. The van der Waals surface area contributed by atoms with E-state index in [1.54, 1.807) is 12.3 Å². The molecule has 1 amide bonds. The van der Waals surface area contributed by atoms with E-state index >= 15 is 0 Å². The second-order valence-electron chi connectivity index (χ2n) is 7.14. The predicted octanol–water partition coefficient (Wildman–Crippen LogP) is 3.85. The van der Waals surface area contributed by atoms with E-state index in [0.29, 0.717) is 5.56 Å². The van der Waals surface area contributed by atoms with Gasteiger partial charge in [-0.3, -0.25) is 4.79 Å². The van der Waals surface area contributed by atoms with Gasteiger partial charge in [0.2, 0.25) is 0 Å². The lowest BCUT2D eigenvalue weighted by molar-refractivity contribution is 0.102. The lowest BCUT2D eigenvalue weighted by Gasteiger charge is -2.22. The minimum Gasteiger partial charge on any atom is -0.372 e. The molecule has 0 saturated carbocycles. The summed E-state index contributed by atoms with van der Waals surface area (Å²) in [4.78, 5) is 21.3. The Bertz CT molecular complexity index is 754. The van der Waals surface area contributed by atoms with Crippen molar-refractivity contribution in [3.05, 3.63) is 47.7 Å². The van der Waals surface area contributed by atoms with Gasteiger partial charge < -0.3 is 20.4 Å². The lowest BCUT2D eigenvalue weighted by Crippen LogP contribution is -2.22. The standard InChI is InChI=1S/C22H33N5O/c1-6-27(7-2)19-10-11-20(17(3)15-19)25-22(28)18-9-12-21(24-16-18)23-13-8-14-26(4)5/h9-12,15-16H,6-8,13-14H2,1-5H3,(H,23,24)(H,25,28). The Morgan fingerprint density at radius 2 is 1.86 bits per heavy atom.